The average Bonchev–Trinajstić information content (AvgIpc) is 2.80. The Kier molecular flexibility index (Phi) is 4.43. The van der Waals surface area contributed by atoms with Crippen LogP contribution in [0.3, 0.4) is 0 Å². The first-order chi connectivity index (χ1) is 11.0. The maximum atomic E-state index is 12.5. The fraction of sp³-hybridized carbons (Fsp3) is 0.125. The summed E-state index contributed by atoms with van der Waals surface area (Å²) in [6.07, 6.45) is 0. The number of rotatable bonds is 3. The van der Waals surface area contributed by atoms with E-state index in [9.17, 15) is 9.59 Å². The first-order valence-electron chi connectivity index (χ1n) is 6.80. The largest absolute Gasteiger partial charge is 0.346 e. The van der Waals surface area contributed by atoms with Crippen molar-refractivity contribution >= 4 is 34.7 Å². The van der Waals surface area contributed by atoms with Gasteiger partial charge < -0.3 is 0 Å². The fourth-order valence-corrected chi connectivity index (χ4v) is 3.22. The van der Waals surface area contributed by atoms with E-state index < -0.39 is 0 Å². The van der Waals surface area contributed by atoms with Gasteiger partial charge in [0, 0.05) is 11.5 Å². The van der Waals surface area contributed by atoms with E-state index >= 15 is 0 Å². The molecule has 0 aliphatic heterocycles. The van der Waals surface area contributed by atoms with Crippen LogP contribution >= 0.6 is 34.7 Å². The predicted molar refractivity (Wildman–Crippen MR) is 94.5 cm³/mol. The normalized spacial score (nSPS) is 10.9. The molecule has 4 nitrogen and oxygen atoms in total. The van der Waals surface area contributed by atoms with Crippen molar-refractivity contribution in [3.8, 4) is 5.69 Å². The molecular formula is C16H12Cl2N2O2S. The molecule has 0 saturated heterocycles. The Balaban J connectivity index is 2.02. The second kappa shape index (κ2) is 6.35. The van der Waals surface area contributed by atoms with Crippen molar-refractivity contribution in [1.29, 1.82) is 0 Å². The number of hydrogen-bond acceptors (Lipinski definition) is 3. The van der Waals surface area contributed by atoms with E-state index in [2.05, 4.69) is 0 Å². The molecule has 0 aliphatic rings. The highest BCUT2D eigenvalue weighted by Gasteiger charge is 2.13. The van der Waals surface area contributed by atoms with Gasteiger partial charge in [0.1, 0.15) is 0 Å². The number of aryl methyl sites for hydroxylation is 1. The molecule has 7 heteroatoms. The van der Waals surface area contributed by atoms with Crippen molar-refractivity contribution in [1.82, 2.24) is 8.52 Å². The summed E-state index contributed by atoms with van der Waals surface area (Å²) in [5, 5.41) is 0.733. The molecular weight excluding hydrogens is 355 g/mol. The Morgan fingerprint density at radius 1 is 1.00 bits per heavy atom. The van der Waals surface area contributed by atoms with Crippen LogP contribution in [0, 0.1) is 6.92 Å². The topological polar surface area (TPSA) is 44.0 Å². The first kappa shape index (κ1) is 16.1. The molecule has 2 aromatic carbocycles. The molecule has 23 heavy (non-hydrogen) atoms. The lowest BCUT2D eigenvalue weighted by Gasteiger charge is -2.03. The number of nitrogens with zero attached hydrogens (tertiary/aromatic N) is 2. The zero-order valence-electron chi connectivity index (χ0n) is 12.1. The van der Waals surface area contributed by atoms with Crippen LogP contribution in [0.25, 0.3) is 5.69 Å². The molecule has 0 N–H and O–H groups in total. The lowest BCUT2D eigenvalue weighted by atomic mass is 10.1. The highest BCUT2D eigenvalue weighted by atomic mass is 35.5. The fourth-order valence-electron chi connectivity index (χ4n) is 2.14. The second-order valence-electron chi connectivity index (χ2n) is 5.10. The molecule has 0 aliphatic carbocycles. The first-order valence-corrected chi connectivity index (χ1v) is 8.33. The number of halogens is 2. The van der Waals surface area contributed by atoms with E-state index in [-0.39, 0.29) is 17.1 Å². The second-order valence-corrected chi connectivity index (χ2v) is 6.82. The molecule has 0 unspecified atom stereocenters. The number of aromatic nitrogens is 2. The summed E-state index contributed by atoms with van der Waals surface area (Å²) in [4.78, 5) is 24.4. The van der Waals surface area contributed by atoms with Gasteiger partial charge in [0.25, 0.3) is 0 Å². The van der Waals surface area contributed by atoms with Crippen molar-refractivity contribution in [3.05, 3.63) is 83.8 Å². The Morgan fingerprint density at radius 2 is 1.70 bits per heavy atom. The molecule has 3 rings (SSSR count). The van der Waals surface area contributed by atoms with E-state index in [1.165, 1.54) is 8.52 Å². The van der Waals surface area contributed by atoms with E-state index in [1.54, 1.807) is 18.2 Å². The smallest absolute Gasteiger partial charge is 0.255 e. The third-order valence-corrected chi connectivity index (χ3v) is 5.06. The third-order valence-electron chi connectivity index (χ3n) is 3.39. The number of benzene rings is 2. The number of hydrogen-bond donors (Lipinski definition) is 0. The molecule has 118 valence electrons. The van der Waals surface area contributed by atoms with Crippen LogP contribution in [0.5, 0.6) is 0 Å². The van der Waals surface area contributed by atoms with Gasteiger partial charge in [0.2, 0.25) is 0 Å². The summed E-state index contributed by atoms with van der Waals surface area (Å²) in [7, 11) is 0. The SMILES string of the molecule is Cc1ccc(Cn2c(=O)sn(-c3ccc(Cl)c(Cl)c3)c2=O)cc1. The summed E-state index contributed by atoms with van der Waals surface area (Å²) in [6, 6.07) is 12.5. The van der Waals surface area contributed by atoms with Gasteiger partial charge in [0.15, 0.2) is 0 Å². The molecule has 0 bridgehead atoms. The summed E-state index contributed by atoms with van der Waals surface area (Å²) < 4.78 is 2.52. The van der Waals surface area contributed by atoms with Crippen LogP contribution in [0.4, 0.5) is 0 Å². The van der Waals surface area contributed by atoms with E-state index in [0.717, 1.165) is 22.7 Å². The average molecular weight is 367 g/mol. The van der Waals surface area contributed by atoms with Gasteiger partial charge in [-0.2, -0.15) is 0 Å². The molecule has 1 aromatic heterocycles. The molecule has 0 atom stereocenters. The molecule has 0 fully saturated rings. The lowest BCUT2D eigenvalue weighted by Crippen LogP contribution is -2.28. The van der Waals surface area contributed by atoms with Crippen LogP contribution in [0.1, 0.15) is 11.1 Å². The summed E-state index contributed by atoms with van der Waals surface area (Å²) >= 11 is 12.7. The van der Waals surface area contributed by atoms with Gasteiger partial charge in [-0.05, 0) is 30.7 Å². The van der Waals surface area contributed by atoms with Crippen LogP contribution in [-0.4, -0.2) is 8.52 Å². The van der Waals surface area contributed by atoms with Crippen LogP contribution in [0.15, 0.2) is 52.1 Å². The van der Waals surface area contributed by atoms with Gasteiger partial charge in [-0.15, -0.1) is 0 Å². The Hall–Kier alpha value is -1.82. The Morgan fingerprint density at radius 3 is 2.35 bits per heavy atom. The maximum Gasteiger partial charge on any atom is 0.346 e. The minimum absolute atomic E-state index is 0.239. The predicted octanol–water partition coefficient (Wildman–Crippen LogP) is 3.72. The summed E-state index contributed by atoms with van der Waals surface area (Å²) in [6.45, 7) is 2.22. The highest BCUT2D eigenvalue weighted by molar-refractivity contribution is 7.03. The lowest BCUT2D eigenvalue weighted by molar-refractivity contribution is 0.723. The minimum Gasteiger partial charge on any atom is -0.255 e. The monoisotopic (exact) mass is 366 g/mol. The van der Waals surface area contributed by atoms with E-state index in [0.29, 0.717) is 15.7 Å². The Labute approximate surface area is 146 Å². The van der Waals surface area contributed by atoms with E-state index in [4.69, 9.17) is 23.2 Å². The Bertz CT molecular complexity index is 971. The van der Waals surface area contributed by atoms with Crippen molar-refractivity contribution in [2.75, 3.05) is 0 Å². The maximum absolute atomic E-state index is 12.5. The zero-order valence-corrected chi connectivity index (χ0v) is 14.5. The van der Waals surface area contributed by atoms with E-state index in [1.807, 2.05) is 31.2 Å². The van der Waals surface area contributed by atoms with Gasteiger partial charge in [-0.3, -0.25) is 4.79 Å². The summed E-state index contributed by atoms with van der Waals surface area (Å²) in [5.41, 5.74) is 2.15. The molecule has 0 amide bonds. The molecule has 0 radical (unpaired) electrons. The van der Waals surface area contributed by atoms with Gasteiger partial charge in [-0.25, -0.2) is 13.3 Å². The van der Waals surface area contributed by atoms with Gasteiger partial charge in [-0.1, -0.05) is 53.0 Å². The van der Waals surface area contributed by atoms with Crippen LogP contribution in [-0.2, 0) is 6.54 Å². The van der Waals surface area contributed by atoms with Crippen molar-refractivity contribution in [2.24, 2.45) is 0 Å². The van der Waals surface area contributed by atoms with Crippen LogP contribution in [0.2, 0.25) is 10.0 Å². The van der Waals surface area contributed by atoms with Crippen molar-refractivity contribution < 1.29 is 0 Å². The van der Waals surface area contributed by atoms with Crippen molar-refractivity contribution in [3.63, 3.8) is 0 Å². The third kappa shape index (κ3) is 3.27. The van der Waals surface area contributed by atoms with Crippen LogP contribution < -0.4 is 10.6 Å². The minimum atomic E-state index is -0.390. The summed E-state index contributed by atoms with van der Waals surface area (Å²) in [5.74, 6) is 0. The van der Waals surface area contributed by atoms with Gasteiger partial charge >= 0.3 is 10.6 Å². The molecule has 0 spiro atoms. The van der Waals surface area contributed by atoms with Gasteiger partial charge in [0.05, 0.1) is 22.3 Å². The van der Waals surface area contributed by atoms with Crippen molar-refractivity contribution in [2.45, 2.75) is 13.5 Å². The quantitative estimate of drug-likeness (QED) is 0.708. The molecule has 1 heterocycles. The molecule has 0 saturated carbocycles. The standard InChI is InChI=1S/C16H12Cl2N2O2S/c1-10-2-4-11(5-3-10)9-19-15(21)20(23-16(19)22)12-6-7-13(17)14(18)8-12/h2-8H,9H2,1H3. The zero-order chi connectivity index (χ0) is 16.6. The molecule has 3 aromatic rings. The highest BCUT2D eigenvalue weighted by Crippen LogP contribution is 2.24.